The number of fused-ring (bicyclic) bond motifs is 1. The summed E-state index contributed by atoms with van der Waals surface area (Å²) in [4.78, 5) is 18.5. The predicted octanol–water partition coefficient (Wildman–Crippen LogP) is 5.31. The van der Waals surface area contributed by atoms with Crippen LogP contribution < -0.4 is 0 Å². The van der Waals surface area contributed by atoms with Gasteiger partial charge in [-0.3, -0.25) is 14.3 Å². The van der Waals surface area contributed by atoms with Crippen LogP contribution in [0.1, 0.15) is 34.8 Å². The lowest BCUT2D eigenvalue weighted by Gasteiger charge is -2.20. The fourth-order valence-corrected chi connectivity index (χ4v) is 4.50. The van der Waals surface area contributed by atoms with E-state index in [1.165, 1.54) is 11.8 Å². The Morgan fingerprint density at radius 2 is 1.87 bits per heavy atom. The maximum absolute atomic E-state index is 13.1. The molecular weight excluding hydrogens is 430 g/mol. The molecule has 0 amide bonds. The number of para-hydroxylation sites is 1. The minimum absolute atomic E-state index is 0.0455. The van der Waals surface area contributed by atoms with Crippen LogP contribution in [0.15, 0.2) is 53.7 Å². The molecule has 2 aromatic carbocycles. The van der Waals surface area contributed by atoms with E-state index in [4.69, 9.17) is 11.6 Å². The van der Waals surface area contributed by atoms with E-state index in [1.54, 1.807) is 0 Å². The van der Waals surface area contributed by atoms with E-state index in [1.807, 2.05) is 74.1 Å². The van der Waals surface area contributed by atoms with Gasteiger partial charge < -0.3 is 4.98 Å². The molecule has 4 aromatic rings. The smallest absolute Gasteiger partial charge is 0.196 e. The zero-order chi connectivity index (χ0) is 22.1. The quantitative estimate of drug-likeness (QED) is 0.303. The van der Waals surface area contributed by atoms with Crippen LogP contribution in [0.5, 0.6) is 0 Å². The molecule has 0 spiro atoms. The summed E-state index contributed by atoms with van der Waals surface area (Å²) in [5.41, 5.74) is 3.51. The van der Waals surface area contributed by atoms with Crippen molar-refractivity contribution in [2.75, 3.05) is 19.8 Å². The molecule has 1 atom stereocenters. The molecule has 0 saturated carbocycles. The Morgan fingerprint density at radius 1 is 1.16 bits per heavy atom. The number of carbonyl (C=O) groups excluding carboxylic acids is 1. The zero-order valence-electron chi connectivity index (χ0n) is 17.9. The number of nitrogens with one attached hydrogen (secondary N) is 1. The van der Waals surface area contributed by atoms with Crippen molar-refractivity contribution >= 4 is 40.0 Å². The first kappa shape index (κ1) is 21.6. The Balaban J connectivity index is 1.66. The highest BCUT2D eigenvalue weighted by Crippen LogP contribution is 2.29. The lowest BCUT2D eigenvalue weighted by molar-refractivity contribution is 0.102. The summed E-state index contributed by atoms with van der Waals surface area (Å²) in [6.07, 6.45) is 0. The Kier molecular flexibility index (Phi) is 6.18. The molecule has 0 radical (unpaired) electrons. The van der Waals surface area contributed by atoms with Crippen LogP contribution in [0.25, 0.3) is 16.6 Å². The van der Waals surface area contributed by atoms with Crippen LogP contribution in [-0.4, -0.2) is 50.3 Å². The molecule has 8 heteroatoms. The van der Waals surface area contributed by atoms with Gasteiger partial charge in [-0.15, -0.1) is 10.2 Å². The molecule has 0 fully saturated rings. The first-order valence-corrected chi connectivity index (χ1v) is 11.3. The first-order chi connectivity index (χ1) is 14.9. The van der Waals surface area contributed by atoms with Crippen LogP contribution in [-0.2, 0) is 0 Å². The molecule has 0 aliphatic rings. The van der Waals surface area contributed by atoms with Gasteiger partial charge in [-0.05, 0) is 58.3 Å². The van der Waals surface area contributed by atoms with Gasteiger partial charge in [0.25, 0.3) is 0 Å². The Hall–Kier alpha value is -2.61. The van der Waals surface area contributed by atoms with Gasteiger partial charge in [-0.1, -0.05) is 41.6 Å². The Morgan fingerprint density at radius 3 is 2.58 bits per heavy atom. The zero-order valence-corrected chi connectivity index (χ0v) is 19.5. The number of halogens is 1. The maximum atomic E-state index is 13.1. The Labute approximate surface area is 190 Å². The second-order valence-electron chi connectivity index (χ2n) is 7.67. The van der Waals surface area contributed by atoms with E-state index in [2.05, 4.69) is 27.0 Å². The average molecular weight is 454 g/mol. The van der Waals surface area contributed by atoms with Crippen LogP contribution in [0.3, 0.4) is 0 Å². The first-order valence-electron chi connectivity index (χ1n) is 9.97. The van der Waals surface area contributed by atoms with Crippen molar-refractivity contribution in [3.8, 4) is 5.69 Å². The molecule has 2 aromatic heterocycles. The average Bonchev–Trinajstić information content (AvgIpc) is 3.32. The highest BCUT2D eigenvalue weighted by atomic mass is 35.5. The van der Waals surface area contributed by atoms with E-state index in [9.17, 15) is 4.79 Å². The molecule has 0 bridgehead atoms. The standard InChI is InChI=1S/C23H24ClN5OS/c1-14-21(18-7-5-6-8-19(18)25-14)20(30)13-31-23-27-26-22(15(2)28(3)4)29(23)17-11-9-16(24)10-12-17/h5-12,15,25H,13H2,1-4H3/t15-/m0/s1. The molecule has 0 aliphatic carbocycles. The van der Waals surface area contributed by atoms with Gasteiger partial charge in [0.05, 0.1) is 11.8 Å². The molecule has 4 rings (SSSR count). The van der Waals surface area contributed by atoms with Gasteiger partial charge in [0, 0.05) is 32.9 Å². The van der Waals surface area contributed by atoms with Crippen LogP contribution in [0, 0.1) is 6.92 Å². The number of aromatic amines is 1. The fraction of sp³-hybridized carbons (Fsp3) is 0.261. The predicted molar refractivity (Wildman–Crippen MR) is 127 cm³/mol. The van der Waals surface area contributed by atoms with Crippen molar-refractivity contribution in [1.29, 1.82) is 0 Å². The van der Waals surface area contributed by atoms with Crippen LogP contribution >= 0.6 is 23.4 Å². The van der Waals surface area contributed by atoms with E-state index in [0.29, 0.717) is 10.2 Å². The number of H-pyrrole nitrogens is 1. The molecular formula is C23H24ClN5OS. The lowest BCUT2D eigenvalue weighted by Crippen LogP contribution is -2.20. The minimum Gasteiger partial charge on any atom is -0.358 e. The number of thioether (sulfide) groups is 1. The number of ketones is 1. The van der Waals surface area contributed by atoms with E-state index in [0.717, 1.165) is 33.7 Å². The van der Waals surface area contributed by atoms with Crippen LogP contribution in [0.4, 0.5) is 0 Å². The second-order valence-corrected chi connectivity index (χ2v) is 9.05. The van der Waals surface area contributed by atoms with E-state index < -0.39 is 0 Å². The summed E-state index contributed by atoms with van der Waals surface area (Å²) in [6, 6.07) is 15.5. The molecule has 6 nitrogen and oxygen atoms in total. The minimum atomic E-state index is 0.0455. The summed E-state index contributed by atoms with van der Waals surface area (Å²) in [6.45, 7) is 4.01. The number of nitrogens with zero attached hydrogens (tertiary/aromatic N) is 4. The highest BCUT2D eigenvalue weighted by Gasteiger charge is 2.23. The molecule has 0 aliphatic heterocycles. The van der Waals surface area contributed by atoms with Crippen molar-refractivity contribution in [2.45, 2.75) is 25.0 Å². The monoisotopic (exact) mass is 453 g/mol. The van der Waals surface area contributed by atoms with Gasteiger partial charge in [0.1, 0.15) is 0 Å². The molecule has 1 N–H and O–H groups in total. The molecule has 2 heterocycles. The third-order valence-electron chi connectivity index (χ3n) is 5.40. The lowest BCUT2D eigenvalue weighted by atomic mass is 10.1. The number of hydrogen-bond acceptors (Lipinski definition) is 5. The second kappa shape index (κ2) is 8.86. The summed E-state index contributed by atoms with van der Waals surface area (Å²) in [5.74, 6) is 1.14. The van der Waals surface area contributed by atoms with Crippen LogP contribution in [0.2, 0.25) is 5.02 Å². The largest absolute Gasteiger partial charge is 0.358 e. The number of Topliss-reactive ketones (excluding diaryl/α,β-unsaturated/α-hetero) is 1. The van der Waals surface area contributed by atoms with Gasteiger partial charge >= 0.3 is 0 Å². The third kappa shape index (κ3) is 4.26. The number of rotatable bonds is 7. The van der Waals surface area contributed by atoms with Crippen molar-refractivity contribution < 1.29 is 4.79 Å². The van der Waals surface area contributed by atoms with Gasteiger partial charge in [-0.2, -0.15) is 0 Å². The molecule has 0 saturated heterocycles. The van der Waals surface area contributed by atoms with Gasteiger partial charge in [0.15, 0.2) is 16.8 Å². The topological polar surface area (TPSA) is 66.8 Å². The summed E-state index contributed by atoms with van der Waals surface area (Å²) < 4.78 is 2.00. The van der Waals surface area contributed by atoms with E-state index in [-0.39, 0.29) is 17.6 Å². The van der Waals surface area contributed by atoms with Crippen molar-refractivity contribution in [2.24, 2.45) is 0 Å². The summed E-state index contributed by atoms with van der Waals surface area (Å²) in [7, 11) is 4.00. The van der Waals surface area contributed by atoms with Gasteiger partial charge in [0.2, 0.25) is 0 Å². The molecule has 160 valence electrons. The van der Waals surface area contributed by atoms with Crippen molar-refractivity contribution in [3.63, 3.8) is 0 Å². The number of aromatic nitrogens is 4. The number of benzene rings is 2. The Bertz CT molecular complexity index is 1230. The maximum Gasteiger partial charge on any atom is 0.196 e. The number of carbonyl (C=O) groups is 1. The number of hydrogen-bond donors (Lipinski definition) is 1. The number of aryl methyl sites for hydroxylation is 1. The van der Waals surface area contributed by atoms with Gasteiger partial charge in [-0.25, -0.2) is 0 Å². The summed E-state index contributed by atoms with van der Waals surface area (Å²) >= 11 is 7.48. The van der Waals surface area contributed by atoms with Crippen molar-refractivity contribution in [1.82, 2.24) is 24.6 Å². The normalized spacial score (nSPS) is 12.6. The molecule has 0 unspecified atom stereocenters. The SMILES string of the molecule is Cc1[nH]c2ccccc2c1C(=O)CSc1nnc([C@H](C)N(C)C)n1-c1ccc(Cl)cc1. The summed E-state index contributed by atoms with van der Waals surface area (Å²) in [5, 5.41) is 11.2. The third-order valence-corrected chi connectivity index (χ3v) is 6.58. The van der Waals surface area contributed by atoms with E-state index >= 15 is 0 Å². The van der Waals surface area contributed by atoms with Crippen molar-refractivity contribution in [3.05, 3.63) is 70.6 Å². The fourth-order valence-electron chi connectivity index (χ4n) is 3.55. The highest BCUT2D eigenvalue weighted by molar-refractivity contribution is 7.99. The molecule has 31 heavy (non-hydrogen) atoms.